The van der Waals surface area contributed by atoms with Crippen LogP contribution in [0.2, 0.25) is 0 Å². The number of hydrogen-bond acceptors (Lipinski definition) is 5. The predicted octanol–water partition coefficient (Wildman–Crippen LogP) is 3.45. The molecule has 3 rings (SSSR count). The summed E-state index contributed by atoms with van der Waals surface area (Å²) in [5.41, 5.74) is 2.34. The molecule has 0 bridgehead atoms. The number of methoxy groups -OCH3 is 1. The number of amides is 2. The lowest BCUT2D eigenvalue weighted by molar-refractivity contribution is 0.0601. The number of benzene rings is 2. The van der Waals surface area contributed by atoms with E-state index in [-0.39, 0.29) is 6.03 Å². The van der Waals surface area contributed by atoms with Crippen LogP contribution in [-0.2, 0) is 11.2 Å². The molecule has 0 saturated carbocycles. The van der Waals surface area contributed by atoms with Crippen molar-refractivity contribution in [3.63, 3.8) is 0 Å². The lowest BCUT2D eigenvalue weighted by Crippen LogP contribution is -2.30. The predicted molar refractivity (Wildman–Crippen MR) is 98.1 cm³/mol. The van der Waals surface area contributed by atoms with Gasteiger partial charge in [-0.2, -0.15) is 0 Å². The molecule has 25 heavy (non-hydrogen) atoms. The lowest BCUT2D eigenvalue weighted by atomic mass is 10.1. The molecule has 2 aromatic carbocycles. The van der Waals surface area contributed by atoms with Crippen LogP contribution in [-0.4, -0.2) is 30.6 Å². The maximum atomic E-state index is 12.0. The van der Waals surface area contributed by atoms with E-state index in [1.807, 2.05) is 30.3 Å². The summed E-state index contributed by atoms with van der Waals surface area (Å²) in [4.78, 5) is 27.9. The molecule has 2 N–H and O–H groups in total. The minimum absolute atomic E-state index is 0.303. The van der Waals surface area contributed by atoms with Crippen molar-refractivity contribution in [2.45, 2.75) is 6.42 Å². The number of thiazole rings is 1. The van der Waals surface area contributed by atoms with Crippen LogP contribution >= 0.6 is 11.3 Å². The molecule has 0 aliphatic heterocycles. The van der Waals surface area contributed by atoms with Crippen molar-refractivity contribution < 1.29 is 14.3 Å². The molecule has 0 atom stereocenters. The first-order chi connectivity index (χ1) is 12.2. The van der Waals surface area contributed by atoms with Gasteiger partial charge in [0.25, 0.3) is 0 Å². The standard InChI is InChI=1S/C18H17N3O3S/c1-24-16(22)13-7-8-14-15(11-13)25-18(20-14)21-17(23)19-10-9-12-5-3-2-4-6-12/h2-8,11H,9-10H2,1H3,(H2,19,20,21,23). The fourth-order valence-corrected chi connectivity index (χ4v) is 3.23. The van der Waals surface area contributed by atoms with Gasteiger partial charge < -0.3 is 10.1 Å². The first kappa shape index (κ1) is 16.9. The number of rotatable bonds is 5. The summed E-state index contributed by atoms with van der Waals surface area (Å²) in [5, 5.41) is 6.01. The maximum absolute atomic E-state index is 12.0. The Hall–Kier alpha value is -2.93. The molecular weight excluding hydrogens is 338 g/mol. The molecule has 0 fully saturated rings. The van der Waals surface area contributed by atoms with Crippen molar-refractivity contribution in [1.82, 2.24) is 10.3 Å². The van der Waals surface area contributed by atoms with Gasteiger partial charge in [0, 0.05) is 6.54 Å². The molecule has 0 aliphatic rings. The number of esters is 1. The number of nitrogens with zero attached hydrogens (tertiary/aromatic N) is 1. The van der Waals surface area contributed by atoms with Crippen molar-refractivity contribution in [2.24, 2.45) is 0 Å². The highest BCUT2D eigenvalue weighted by Gasteiger charge is 2.11. The van der Waals surface area contributed by atoms with E-state index in [9.17, 15) is 9.59 Å². The molecule has 0 radical (unpaired) electrons. The number of anilines is 1. The van der Waals surface area contributed by atoms with E-state index in [4.69, 9.17) is 4.74 Å². The number of hydrogen-bond donors (Lipinski definition) is 2. The smallest absolute Gasteiger partial charge is 0.337 e. The SMILES string of the molecule is COC(=O)c1ccc2nc(NC(=O)NCCc3ccccc3)sc2c1. The highest BCUT2D eigenvalue weighted by atomic mass is 32.1. The molecule has 3 aromatic rings. The molecule has 7 heteroatoms. The Morgan fingerprint density at radius 3 is 2.72 bits per heavy atom. The molecule has 2 amide bonds. The van der Waals surface area contributed by atoms with Gasteiger partial charge in [0.15, 0.2) is 5.13 Å². The minimum atomic E-state index is -0.400. The van der Waals surface area contributed by atoms with E-state index in [0.717, 1.165) is 22.2 Å². The summed E-state index contributed by atoms with van der Waals surface area (Å²) in [7, 11) is 1.34. The van der Waals surface area contributed by atoms with Crippen LogP contribution in [0, 0.1) is 0 Å². The Bertz CT molecular complexity index is 893. The highest BCUT2D eigenvalue weighted by Crippen LogP contribution is 2.27. The van der Waals surface area contributed by atoms with Crippen molar-refractivity contribution in [3.8, 4) is 0 Å². The summed E-state index contributed by atoms with van der Waals surface area (Å²) in [6, 6.07) is 14.7. The number of aromatic nitrogens is 1. The van der Waals surface area contributed by atoms with Crippen LogP contribution in [0.4, 0.5) is 9.93 Å². The second-order valence-electron chi connectivity index (χ2n) is 5.31. The van der Waals surface area contributed by atoms with Gasteiger partial charge in [0.1, 0.15) is 0 Å². The number of nitrogens with one attached hydrogen (secondary N) is 2. The van der Waals surface area contributed by atoms with Crippen LogP contribution in [0.5, 0.6) is 0 Å². The van der Waals surface area contributed by atoms with Crippen molar-refractivity contribution >= 4 is 38.7 Å². The number of fused-ring (bicyclic) bond motifs is 1. The third-order valence-corrected chi connectivity index (χ3v) is 4.51. The van der Waals surface area contributed by atoms with Crippen molar-refractivity contribution in [3.05, 3.63) is 59.7 Å². The number of carbonyl (C=O) groups excluding carboxylic acids is 2. The van der Waals surface area contributed by atoms with E-state index in [2.05, 4.69) is 15.6 Å². The Labute approximate surface area is 148 Å². The molecule has 0 spiro atoms. The highest BCUT2D eigenvalue weighted by molar-refractivity contribution is 7.22. The van der Waals surface area contributed by atoms with Crippen molar-refractivity contribution in [1.29, 1.82) is 0 Å². The minimum Gasteiger partial charge on any atom is -0.465 e. The number of urea groups is 1. The summed E-state index contributed by atoms with van der Waals surface area (Å²) in [5.74, 6) is -0.400. The monoisotopic (exact) mass is 355 g/mol. The quantitative estimate of drug-likeness (QED) is 0.687. The molecule has 1 aromatic heterocycles. The first-order valence-electron chi connectivity index (χ1n) is 7.73. The fraction of sp³-hybridized carbons (Fsp3) is 0.167. The number of carbonyl (C=O) groups is 2. The molecule has 0 aliphatic carbocycles. The van der Waals surface area contributed by atoms with Crippen LogP contribution in [0.15, 0.2) is 48.5 Å². The van der Waals surface area contributed by atoms with Gasteiger partial charge >= 0.3 is 12.0 Å². The molecular formula is C18H17N3O3S. The lowest BCUT2D eigenvalue weighted by Gasteiger charge is -2.05. The maximum Gasteiger partial charge on any atom is 0.337 e. The molecule has 1 heterocycles. The van der Waals surface area contributed by atoms with Crippen LogP contribution < -0.4 is 10.6 Å². The van der Waals surface area contributed by atoms with E-state index >= 15 is 0 Å². The van der Waals surface area contributed by atoms with E-state index in [0.29, 0.717) is 17.2 Å². The Morgan fingerprint density at radius 1 is 1.16 bits per heavy atom. The van der Waals surface area contributed by atoms with Crippen LogP contribution in [0.1, 0.15) is 15.9 Å². The third kappa shape index (κ3) is 4.33. The fourth-order valence-electron chi connectivity index (χ4n) is 2.33. The normalized spacial score (nSPS) is 10.4. The molecule has 128 valence electrons. The zero-order valence-electron chi connectivity index (χ0n) is 13.6. The van der Waals surface area contributed by atoms with E-state index < -0.39 is 5.97 Å². The van der Waals surface area contributed by atoms with Crippen LogP contribution in [0.25, 0.3) is 10.2 Å². The van der Waals surface area contributed by atoms with E-state index in [1.165, 1.54) is 18.4 Å². The first-order valence-corrected chi connectivity index (χ1v) is 8.55. The van der Waals surface area contributed by atoms with Crippen molar-refractivity contribution in [2.75, 3.05) is 19.0 Å². The van der Waals surface area contributed by atoms with Gasteiger partial charge in [-0.05, 0) is 30.2 Å². The van der Waals surface area contributed by atoms with Gasteiger partial charge in [0.05, 0.1) is 22.9 Å². The van der Waals surface area contributed by atoms with Crippen LogP contribution in [0.3, 0.4) is 0 Å². The molecule has 0 unspecified atom stereocenters. The average molecular weight is 355 g/mol. The average Bonchev–Trinajstić information content (AvgIpc) is 3.03. The zero-order valence-corrected chi connectivity index (χ0v) is 14.4. The number of ether oxygens (including phenoxy) is 1. The topological polar surface area (TPSA) is 80.3 Å². The Morgan fingerprint density at radius 2 is 1.96 bits per heavy atom. The van der Waals surface area contributed by atoms with E-state index in [1.54, 1.807) is 18.2 Å². The molecule has 6 nitrogen and oxygen atoms in total. The second kappa shape index (κ2) is 7.76. The summed E-state index contributed by atoms with van der Waals surface area (Å²) >= 11 is 1.31. The Balaban J connectivity index is 1.58. The molecule has 0 saturated heterocycles. The summed E-state index contributed by atoms with van der Waals surface area (Å²) < 4.78 is 5.51. The van der Waals surface area contributed by atoms with Gasteiger partial charge in [-0.3, -0.25) is 5.32 Å². The second-order valence-corrected chi connectivity index (χ2v) is 6.34. The summed E-state index contributed by atoms with van der Waals surface area (Å²) in [6.45, 7) is 0.535. The largest absolute Gasteiger partial charge is 0.465 e. The third-order valence-electron chi connectivity index (χ3n) is 3.57. The van der Waals surface area contributed by atoms with Gasteiger partial charge in [-0.25, -0.2) is 14.6 Å². The van der Waals surface area contributed by atoms with Gasteiger partial charge in [0.2, 0.25) is 0 Å². The summed E-state index contributed by atoms with van der Waals surface area (Å²) in [6.07, 6.45) is 0.761. The van der Waals surface area contributed by atoms with Gasteiger partial charge in [-0.1, -0.05) is 41.7 Å². The van der Waals surface area contributed by atoms with Gasteiger partial charge in [-0.15, -0.1) is 0 Å². The zero-order chi connectivity index (χ0) is 17.6. The Kier molecular flexibility index (Phi) is 5.25.